The van der Waals surface area contributed by atoms with E-state index in [1.165, 1.54) is 33.5 Å². The van der Waals surface area contributed by atoms with Crippen molar-refractivity contribution < 1.29 is 28.6 Å². The van der Waals surface area contributed by atoms with Gasteiger partial charge in [-0.2, -0.15) is 0 Å². The number of halogens is 1. The molecule has 0 bridgehead atoms. The fourth-order valence-corrected chi connectivity index (χ4v) is 3.20. The van der Waals surface area contributed by atoms with Gasteiger partial charge in [0.2, 0.25) is 5.75 Å². The Morgan fingerprint density at radius 1 is 0.879 bits per heavy atom. The van der Waals surface area contributed by atoms with E-state index in [0.717, 1.165) is 0 Å². The first kappa shape index (κ1) is 23.7. The van der Waals surface area contributed by atoms with E-state index in [1.807, 2.05) is 0 Å². The molecule has 0 atom stereocenters. The zero-order valence-corrected chi connectivity index (χ0v) is 19.6. The number of carbonyl (C=O) groups excluding carboxylic acids is 2. The number of anilines is 1. The van der Waals surface area contributed by atoms with Crippen LogP contribution in [0.25, 0.3) is 0 Å². The largest absolute Gasteiger partial charge is 0.493 e. The predicted octanol–water partition coefficient (Wildman–Crippen LogP) is 5.58. The van der Waals surface area contributed by atoms with Crippen molar-refractivity contribution >= 4 is 39.2 Å². The summed E-state index contributed by atoms with van der Waals surface area (Å²) in [6.07, 6.45) is 0. The summed E-state index contributed by atoms with van der Waals surface area (Å²) in [6, 6.07) is 16.4. The highest BCUT2D eigenvalue weighted by Crippen LogP contribution is 2.38. The van der Waals surface area contributed by atoms with Crippen molar-refractivity contribution in [2.75, 3.05) is 26.8 Å². The molecule has 0 fully saturated rings. The maximum atomic E-state index is 12.5. The molecule has 170 valence electrons. The van der Waals surface area contributed by atoms with Crippen LogP contribution in [0.4, 0.5) is 11.4 Å². The molecule has 0 aliphatic rings. The van der Waals surface area contributed by atoms with Gasteiger partial charge in [-0.05, 0) is 64.5 Å². The third-order valence-corrected chi connectivity index (χ3v) is 5.08. The summed E-state index contributed by atoms with van der Waals surface area (Å²) in [5, 5.41) is 7.70. The fraction of sp³-hybridized carbons (Fsp3) is 0.130. The van der Waals surface area contributed by atoms with E-state index in [0.29, 0.717) is 38.7 Å². The van der Waals surface area contributed by atoms with E-state index in [-0.39, 0.29) is 5.56 Å². The summed E-state index contributed by atoms with van der Waals surface area (Å²) >= 11 is 3.30. The molecule has 3 rings (SSSR count). The number of azo groups is 1. The van der Waals surface area contributed by atoms with Crippen molar-refractivity contribution in [1.82, 2.24) is 0 Å². The average molecular weight is 514 g/mol. The molecular weight excluding hydrogens is 494 g/mol. The Morgan fingerprint density at radius 2 is 1.52 bits per heavy atom. The molecule has 0 saturated carbocycles. The van der Waals surface area contributed by atoms with Crippen LogP contribution in [0.15, 0.2) is 75.4 Å². The van der Waals surface area contributed by atoms with Gasteiger partial charge < -0.3 is 19.0 Å². The number of ether oxygens (including phenoxy) is 3. The number of amides is 1. The molecule has 1 amide bonds. The highest BCUT2D eigenvalue weighted by molar-refractivity contribution is 9.10. The fourth-order valence-electron chi connectivity index (χ4n) is 2.75. The second-order valence-electron chi connectivity index (χ2n) is 6.44. The second kappa shape index (κ2) is 11.1. The van der Waals surface area contributed by atoms with Crippen LogP contribution in [0.5, 0.6) is 17.2 Å². The van der Waals surface area contributed by atoms with E-state index >= 15 is 0 Å². The Balaban J connectivity index is 1.65. The van der Waals surface area contributed by atoms with Gasteiger partial charge in [0.25, 0.3) is 5.91 Å². The number of carbonyl (C=O) groups is 2. The maximum Gasteiger partial charge on any atom is 0.363 e. The number of nitrogens with one attached hydrogen (secondary N) is 1. The molecule has 10 heteroatoms. The molecule has 0 aliphatic heterocycles. The standard InChI is InChI=1S/C23H20BrN3O6/c1-30-19-12-14(13-20(31-2)21(19)32-3)22(28)26-25-15-8-10-16(11-9-15)27-33-23(29)17-6-4-5-7-18(17)24/h4-13,27H,1-3H3. The normalized spacial score (nSPS) is 10.5. The summed E-state index contributed by atoms with van der Waals surface area (Å²) in [5.74, 6) is -0.0799. The Morgan fingerprint density at radius 3 is 2.09 bits per heavy atom. The molecule has 3 aromatic carbocycles. The molecule has 3 aromatic rings. The summed E-state index contributed by atoms with van der Waals surface area (Å²) in [7, 11) is 4.39. The molecule has 0 saturated heterocycles. The van der Waals surface area contributed by atoms with Gasteiger partial charge in [0.15, 0.2) is 11.5 Å². The lowest BCUT2D eigenvalue weighted by atomic mass is 10.1. The summed E-state index contributed by atoms with van der Waals surface area (Å²) in [4.78, 5) is 29.7. The number of methoxy groups -OCH3 is 3. The molecule has 1 N–H and O–H groups in total. The number of hydrogen-bond donors (Lipinski definition) is 1. The van der Waals surface area contributed by atoms with E-state index in [2.05, 4.69) is 31.6 Å². The van der Waals surface area contributed by atoms with Crippen molar-refractivity contribution in [1.29, 1.82) is 0 Å². The van der Waals surface area contributed by atoms with Gasteiger partial charge in [-0.3, -0.25) is 4.79 Å². The first-order valence-corrected chi connectivity index (χ1v) is 10.3. The first-order valence-electron chi connectivity index (χ1n) is 9.54. The van der Waals surface area contributed by atoms with Gasteiger partial charge in [0.1, 0.15) is 0 Å². The van der Waals surface area contributed by atoms with Crippen molar-refractivity contribution in [3.05, 3.63) is 76.3 Å². The maximum absolute atomic E-state index is 12.5. The average Bonchev–Trinajstić information content (AvgIpc) is 2.85. The van der Waals surface area contributed by atoms with Crippen molar-refractivity contribution in [2.24, 2.45) is 10.2 Å². The van der Waals surface area contributed by atoms with Crippen LogP contribution in [-0.4, -0.2) is 33.2 Å². The van der Waals surface area contributed by atoms with Crippen LogP contribution >= 0.6 is 15.9 Å². The lowest BCUT2D eigenvalue weighted by Gasteiger charge is -2.12. The van der Waals surface area contributed by atoms with E-state index in [9.17, 15) is 9.59 Å². The lowest BCUT2D eigenvalue weighted by molar-refractivity contribution is 0.0595. The van der Waals surface area contributed by atoms with Crippen LogP contribution in [0.1, 0.15) is 20.7 Å². The van der Waals surface area contributed by atoms with Crippen LogP contribution in [0.3, 0.4) is 0 Å². The summed E-state index contributed by atoms with van der Waals surface area (Å²) < 4.78 is 16.4. The van der Waals surface area contributed by atoms with E-state index < -0.39 is 11.9 Å². The first-order chi connectivity index (χ1) is 16.0. The number of rotatable bonds is 8. The number of nitrogens with zero attached hydrogens (tertiary/aromatic N) is 2. The minimum Gasteiger partial charge on any atom is -0.493 e. The molecule has 33 heavy (non-hydrogen) atoms. The molecule has 0 heterocycles. The van der Waals surface area contributed by atoms with Crippen LogP contribution < -0.4 is 19.7 Å². The molecule has 0 aliphatic carbocycles. The molecule has 0 radical (unpaired) electrons. The highest BCUT2D eigenvalue weighted by Gasteiger charge is 2.17. The Kier molecular flexibility index (Phi) is 7.98. The minimum absolute atomic E-state index is 0.227. The van der Waals surface area contributed by atoms with Gasteiger partial charge in [-0.1, -0.05) is 12.1 Å². The zero-order chi connectivity index (χ0) is 23.8. The quantitative estimate of drug-likeness (QED) is 0.309. The van der Waals surface area contributed by atoms with Crippen molar-refractivity contribution in [3.63, 3.8) is 0 Å². The van der Waals surface area contributed by atoms with Crippen molar-refractivity contribution in [3.8, 4) is 17.2 Å². The Bertz CT molecular complexity index is 1160. The van der Waals surface area contributed by atoms with Gasteiger partial charge in [-0.25, -0.2) is 10.3 Å². The third kappa shape index (κ3) is 5.86. The molecule has 0 aromatic heterocycles. The van der Waals surface area contributed by atoms with Crippen molar-refractivity contribution in [2.45, 2.75) is 0 Å². The van der Waals surface area contributed by atoms with E-state index in [1.54, 1.807) is 48.5 Å². The van der Waals surface area contributed by atoms with Crippen LogP contribution in [0.2, 0.25) is 0 Å². The minimum atomic E-state index is -0.584. The molecule has 0 unspecified atom stereocenters. The zero-order valence-electron chi connectivity index (χ0n) is 18.0. The second-order valence-corrected chi connectivity index (χ2v) is 7.29. The molecular formula is C23H20BrN3O6. The third-order valence-electron chi connectivity index (χ3n) is 4.39. The van der Waals surface area contributed by atoms with Gasteiger partial charge in [0.05, 0.1) is 43.8 Å². The summed E-state index contributed by atoms with van der Waals surface area (Å²) in [6.45, 7) is 0. The summed E-state index contributed by atoms with van der Waals surface area (Å²) in [5.41, 5.74) is 4.14. The predicted molar refractivity (Wildman–Crippen MR) is 125 cm³/mol. The molecule has 9 nitrogen and oxygen atoms in total. The van der Waals surface area contributed by atoms with Crippen LogP contribution in [0, 0.1) is 0 Å². The highest BCUT2D eigenvalue weighted by atomic mass is 79.9. The molecule has 0 spiro atoms. The smallest absolute Gasteiger partial charge is 0.363 e. The topological polar surface area (TPSA) is 108 Å². The van der Waals surface area contributed by atoms with Gasteiger partial charge in [-0.15, -0.1) is 10.2 Å². The lowest BCUT2D eigenvalue weighted by Crippen LogP contribution is -2.11. The van der Waals surface area contributed by atoms with Crippen LogP contribution in [-0.2, 0) is 4.84 Å². The SMILES string of the molecule is COc1cc(C(=O)N=Nc2ccc(NOC(=O)c3ccccc3Br)cc2)cc(OC)c1OC. The van der Waals surface area contributed by atoms with Gasteiger partial charge >= 0.3 is 5.97 Å². The van der Waals surface area contributed by atoms with E-state index in [4.69, 9.17) is 19.0 Å². The number of benzene rings is 3. The Labute approximate surface area is 198 Å². The number of hydrogen-bond acceptors (Lipinski definition) is 8. The Hall–Kier alpha value is -3.92. The monoisotopic (exact) mass is 513 g/mol. The van der Waals surface area contributed by atoms with Gasteiger partial charge in [0, 0.05) is 4.47 Å².